The first-order valence-corrected chi connectivity index (χ1v) is 7.68. The molecule has 2 aromatic rings. The highest BCUT2D eigenvalue weighted by Crippen LogP contribution is 2.30. The van der Waals surface area contributed by atoms with E-state index in [1.165, 1.54) is 11.3 Å². The first-order chi connectivity index (χ1) is 10.3. The van der Waals surface area contributed by atoms with E-state index in [2.05, 4.69) is 4.98 Å². The van der Waals surface area contributed by atoms with Crippen LogP contribution in [0.5, 0.6) is 0 Å². The van der Waals surface area contributed by atoms with E-state index in [0.29, 0.717) is 0 Å². The number of carboxylic acids is 1. The minimum atomic E-state index is -0.982. The van der Waals surface area contributed by atoms with Gasteiger partial charge in [-0.2, -0.15) is 0 Å². The zero-order valence-electron chi connectivity index (χ0n) is 12.8. The number of aryl methyl sites for hydroxylation is 1. The number of carboxylic acid groups (broad SMARTS) is 1. The molecule has 0 aliphatic rings. The second kappa shape index (κ2) is 6.56. The van der Waals surface area contributed by atoms with Gasteiger partial charge in [-0.3, -0.25) is 0 Å². The lowest BCUT2D eigenvalue weighted by Gasteiger charge is -2.17. The molecule has 0 saturated carbocycles. The fourth-order valence-corrected chi connectivity index (χ4v) is 2.94. The molecule has 0 atom stereocenters. The number of ether oxygens (including phenoxy) is 1. The molecule has 0 bridgehead atoms. The van der Waals surface area contributed by atoms with Crippen molar-refractivity contribution in [2.24, 2.45) is 0 Å². The van der Waals surface area contributed by atoms with Crippen molar-refractivity contribution in [3.63, 3.8) is 0 Å². The quantitative estimate of drug-likeness (QED) is 0.855. The van der Waals surface area contributed by atoms with Gasteiger partial charge in [-0.15, -0.1) is 11.3 Å². The highest BCUT2D eigenvalue weighted by molar-refractivity contribution is 7.15. The van der Waals surface area contributed by atoms with Crippen LogP contribution < -0.4 is 0 Å². The molecule has 0 radical (unpaired) electrons. The number of hydrogen-bond donors (Lipinski definition) is 2. The average Bonchev–Trinajstić information content (AvgIpc) is 2.79. The van der Waals surface area contributed by atoms with Crippen LogP contribution in [0.2, 0.25) is 0 Å². The molecule has 0 unspecified atom stereocenters. The third-order valence-corrected chi connectivity index (χ3v) is 4.37. The molecular formula is C16H19NO4S. The van der Waals surface area contributed by atoms with Crippen molar-refractivity contribution in [2.75, 3.05) is 6.61 Å². The number of benzene rings is 1. The zero-order valence-corrected chi connectivity index (χ0v) is 13.6. The Kier molecular flexibility index (Phi) is 4.95. The number of rotatable bonds is 6. The van der Waals surface area contributed by atoms with Crippen molar-refractivity contribution in [1.29, 1.82) is 0 Å². The van der Waals surface area contributed by atoms with Gasteiger partial charge in [0.25, 0.3) is 0 Å². The van der Waals surface area contributed by atoms with Crippen molar-refractivity contribution in [3.8, 4) is 10.6 Å². The molecule has 2 N–H and O–H groups in total. The van der Waals surface area contributed by atoms with Crippen molar-refractivity contribution in [3.05, 3.63) is 40.4 Å². The molecule has 2 rings (SSSR count). The second-order valence-electron chi connectivity index (χ2n) is 5.55. The van der Waals surface area contributed by atoms with E-state index in [9.17, 15) is 9.90 Å². The number of aliphatic hydroxyl groups is 1. The monoisotopic (exact) mass is 321 g/mol. The van der Waals surface area contributed by atoms with Gasteiger partial charge < -0.3 is 14.9 Å². The van der Waals surface area contributed by atoms with Gasteiger partial charge in [0.15, 0.2) is 0 Å². The van der Waals surface area contributed by atoms with E-state index in [-0.39, 0.29) is 13.2 Å². The summed E-state index contributed by atoms with van der Waals surface area (Å²) < 4.78 is 5.11. The topological polar surface area (TPSA) is 79.7 Å². The van der Waals surface area contributed by atoms with Crippen LogP contribution in [0, 0.1) is 6.92 Å². The van der Waals surface area contributed by atoms with E-state index in [1.807, 2.05) is 31.2 Å². The van der Waals surface area contributed by atoms with Gasteiger partial charge in [-0.25, -0.2) is 9.78 Å². The number of carbonyl (C=O) groups is 1. The molecule has 1 aromatic heterocycles. The van der Waals surface area contributed by atoms with Crippen molar-refractivity contribution >= 4 is 17.3 Å². The largest absolute Gasteiger partial charge is 0.480 e. The Balaban J connectivity index is 2.14. The highest BCUT2D eigenvalue weighted by Gasteiger charge is 2.16. The molecule has 22 heavy (non-hydrogen) atoms. The fourth-order valence-electron chi connectivity index (χ4n) is 1.94. The zero-order chi connectivity index (χ0) is 16.3. The number of hydrogen-bond acceptors (Lipinski definition) is 5. The van der Waals surface area contributed by atoms with Gasteiger partial charge in [0, 0.05) is 5.56 Å². The summed E-state index contributed by atoms with van der Waals surface area (Å²) in [4.78, 5) is 15.9. The van der Waals surface area contributed by atoms with Crippen molar-refractivity contribution < 1.29 is 19.7 Å². The molecule has 0 fully saturated rings. The lowest BCUT2D eigenvalue weighted by Crippen LogP contribution is -2.14. The highest BCUT2D eigenvalue weighted by atomic mass is 32.1. The van der Waals surface area contributed by atoms with Gasteiger partial charge in [0.2, 0.25) is 0 Å². The SMILES string of the molecule is Cc1nc(-c2ccc(C(C)(C)O)cc2)sc1COCC(=O)O. The van der Waals surface area contributed by atoms with E-state index >= 15 is 0 Å². The first-order valence-electron chi connectivity index (χ1n) is 6.86. The Morgan fingerprint density at radius 1 is 1.32 bits per heavy atom. The lowest BCUT2D eigenvalue weighted by atomic mass is 9.97. The Morgan fingerprint density at radius 2 is 1.95 bits per heavy atom. The van der Waals surface area contributed by atoms with Crippen LogP contribution in [0.3, 0.4) is 0 Å². The van der Waals surface area contributed by atoms with Crippen LogP contribution in [-0.4, -0.2) is 27.8 Å². The molecule has 0 amide bonds. The van der Waals surface area contributed by atoms with Gasteiger partial charge in [0.1, 0.15) is 11.6 Å². The number of aromatic nitrogens is 1. The minimum absolute atomic E-state index is 0.248. The molecule has 0 saturated heterocycles. The molecule has 0 spiro atoms. The lowest BCUT2D eigenvalue weighted by molar-refractivity contribution is -0.142. The van der Waals surface area contributed by atoms with Crippen molar-refractivity contribution in [2.45, 2.75) is 33.0 Å². The predicted octanol–water partition coefficient (Wildman–Crippen LogP) is 2.95. The predicted molar refractivity (Wildman–Crippen MR) is 84.8 cm³/mol. The summed E-state index contributed by atoms with van der Waals surface area (Å²) in [6, 6.07) is 7.61. The third kappa shape index (κ3) is 4.13. The molecule has 0 aliphatic carbocycles. The number of thiazole rings is 1. The van der Waals surface area contributed by atoms with E-state index in [1.54, 1.807) is 13.8 Å². The summed E-state index contributed by atoms with van der Waals surface area (Å²) in [5.41, 5.74) is 1.78. The van der Waals surface area contributed by atoms with Crippen LogP contribution >= 0.6 is 11.3 Å². The third-order valence-electron chi connectivity index (χ3n) is 3.19. The molecule has 118 valence electrons. The molecule has 6 heteroatoms. The summed E-state index contributed by atoms with van der Waals surface area (Å²) in [6.45, 7) is 5.30. The van der Waals surface area contributed by atoms with E-state index in [4.69, 9.17) is 9.84 Å². The van der Waals surface area contributed by atoms with Gasteiger partial charge in [-0.1, -0.05) is 24.3 Å². The van der Waals surface area contributed by atoms with Crippen LogP contribution in [0.4, 0.5) is 0 Å². The van der Waals surface area contributed by atoms with E-state index in [0.717, 1.165) is 26.7 Å². The first kappa shape index (κ1) is 16.6. The summed E-state index contributed by atoms with van der Waals surface area (Å²) >= 11 is 1.49. The number of aliphatic carboxylic acids is 1. The molecule has 0 aliphatic heterocycles. The van der Waals surface area contributed by atoms with Gasteiger partial charge in [0.05, 0.1) is 22.8 Å². The van der Waals surface area contributed by atoms with Crippen LogP contribution in [-0.2, 0) is 21.7 Å². The maximum absolute atomic E-state index is 10.5. The van der Waals surface area contributed by atoms with Gasteiger partial charge >= 0.3 is 5.97 Å². The molecule has 1 heterocycles. The van der Waals surface area contributed by atoms with Crippen LogP contribution in [0.25, 0.3) is 10.6 Å². The smallest absolute Gasteiger partial charge is 0.329 e. The maximum Gasteiger partial charge on any atom is 0.329 e. The summed E-state index contributed by atoms with van der Waals surface area (Å²) in [6.07, 6.45) is 0. The van der Waals surface area contributed by atoms with Crippen LogP contribution in [0.1, 0.15) is 30.0 Å². The summed E-state index contributed by atoms with van der Waals surface area (Å²) in [7, 11) is 0. The van der Waals surface area contributed by atoms with Crippen LogP contribution in [0.15, 0.2) is 24.3 Å². The standard InChI is InChI=1S/C16H19NO4S/c1-10-13(8-21-9-14(18)19)22-15(17-10)11-4-6-12(7-5-11)16(2,3)20/h4-7,20H,8-9H2,1-3H3,(H,18,19). The second-order valence-corrected chi connectivity index (χ2v) is 6.63. The van der Waals surface area contributed by atoms with Gasteiger partial charge in [-0.05, 0) is 26.3 Å². The summed E-state index contributed by atoms with van der Waals surface area (Å²) in [5, 5.41) is 19.4. The Hall–Kier alpha value is -1.76. The van der Waals surface area contributed by atoms with E-state index < -0.39 is 11.6 Å². The molecular weight excluding hydrogens is 302 g/mol. The van der Waals surface area contributed by atoms with Crippen molar-refractivity contribution in [1.82, 2.24) is 4.98 Å². The maximum atomic E-state index is 10.5. The number of nitrogens with zero attached hydrogens (tertiary/aromatic N) is 1. The Labute approximate surface area is 133 Å². The Bertz CT molecular complexity index is 656. The summed E-state index contributed by atoms with van der Waals surface area (Å²) in [5.74, 6) is -0.982. The molecule has 5 nitrogen and oxygen atoms in total. The average molecular weight is 321 g/mol. The fraction of sp³-hybridized carbons (Fsp3) is 0.375. The minimum Gasteiger partial charge on any atom is -0.480 e. The molecule has 1 aromatic carbocycles. The normalized spacial score (nSPS) is 11.6. The Morgan fingerprint density at radius 3 is 2.50 bits per heavy atom.